The lowest BCUT2D eigenvalue weighted by atomic mass is 9.97. The Labute approximate surface area is 127 Å². The van der Waals surface area contributed by atoms with Crippen LogP contribution < -0.4 is 5.73 Å². The van der Waals surface area contributed by atoms with E-state index in [1.165, 1.54) is 11.1 Å². The predicted octanol–water partition coefficient (Wildman–Crippen LogP) is 2.70. The van der Waals surface area contributed by atoms with Crippen LogP contribution in [0.25, 0.3) is 11.1 Å². The van der Waals surface area contributed by atoms with Crippen LogP contribution in [0, 0.1) is 13.8 Å². The fourth-order valence-corrected chi connectivity index (χ4v) is 3.46. The number of carbonyl (C=O) groups excluding carboxylic acids is 1. The second kappa shape index (κ2) is 6.68. The van der Waals surface area contributed by atoms with Gasteiger partial charge in [0.25, 0.3) is 0 Å². The Morgan fingerprint density at radius 1 is 1.10 bits per heavy atom. The molecule has 2 N–H and O–H groups in total. The van der Waals surface area contributed by atoms with E-state index in [4.69, 9.17) is 5.73 Å². The third-order valence-electron chi connectivity index (χ3n) is 3.17. The van der Waals surface area contributed by atoms with E-state index >= 15 is 0 Å². The standard InChI is InChI=1S/C17H19NO2S/c1-12-7-13(2)9-15(8-12)16-6-4-3-5-14(16)10-21(20)11-17(18)19/h3-9H,10-11H2,1-2H3,(H2,18,19)/t21-/m1/s1. The van der Waals surface area contributed by atoms with Crippen molar-refractivity contribution in [2.24, 2.45) is 5.73 Å². The summed E-state index contributed by atoms with van der Waals surface area (Å²) in [6.45, 7) is 4.12. The minimum absolute atomic E-state index is 0.0961. The average molecular weight is 301 g/mol. The highest BCUT2D eigenvalue weighted by Gasteiger charge is 2.10. The van der Waals surface area contributed by atoms with Crippen molar-refractivity contribution in [2.45, 2.75) is 19.6 Å². The third-order valence-corrected chi connectivity index (χ3v) is 4.41. The van der Waals surface area contributed by atoms with Crippen LogP contribution in [0.5, 0.6) is 0 Å². The van der Waals surface area contributed by atoms with Crippen LogP contribution in [-0.4, -0.2) is 15.9 Å². The Bertz CT molecular complexity index is 675. The van der Waals surface area contributed by atoms with Gasteiger partial charge in [0.15, 0.2) is 0 Å². The molecule has 0 fully saturated rings. The number of carbonyl (C=O) groups is 1. The van der Waals surface area contributed by atoms with E-state index in [9.17, 15) is 9.00 Å². The van der Waals surface area contributed by atoms with Crippen molar-refractivity contribution in [1.82, 2.24) is 0 Å². The summed E-state index contributed by atoms with van der Waals surface area (Å²) in [6, 6.07) is 14.2. The Hall–Kier alpha value is -1.94. The maximum absolute atomic E-state index is 12.0. The molecule has 0 bridgehead atoms. The van der Waals surface area contributed by atoms with Crippen molar-refractivity contribution in [3.8, 4) is 11.1 Å². The van der Waals surface area contributed by atoms with Crippen molar-refractivity contribution < 1.29 is 9.00 Å². The van der Waals surface area contributed by atoms with Gasteiger partial charge in [-0.15, -0.1) is 0 Å². The minimum atomic E-state index is -1.27. The van der Waals surface area contributed by atoms with Gasteiger partial charge in [-0.25, -0.2) is 0 Å². The van der Waals surface area contributed by atoms with Gasteiger partial charge in [0.2, 0.25) is 5.91 Å². The van der Waals surface area contributed by atoms with Gasteiger partial charge < -0.3 is 5.73 Å². The lowest BCUT2D eigenvalue weighted by Crippen LogP contribution is -2.20. The number of rotatable bonds is 5. The molecule has 0 aliphatic carbocycles. The summed E-state index contributed by atoms with van der Waals surface area (Å²) < 4.78 is 12.0. The molecule has 2 aromatic carbocycles. The molecule has 1 amide bonds. The van der Waals surface area contributed by atoms with Gasteiger partial charge in [0, 0.05) is 16.6 Å². The topological polar surface area (TPSA) is 60.2 Å². The van der Waals surface area contributed by atoms with Crippen LogP contribution in [0.15, 0.2) is 42.5 Å². The molecule has 4 heteroatoms. The van der Waals surface area contributed by atoms with Gasteiger partial charge in [-0.3, -0.25) is 9.00 Å². The summed E-state index contributed by atoms with van der Waals surface area (Å²) >= 11 is 0. The van der Waals surface area contributed by atoms with Crippen LogP contribution in [0.3, 0.4) is 0 Å². The Morgan fingerprint density at radius 3 is 2.33 bits per heavy atom. The number of benzene rings is 2. The second-order valence-corrected chi connectivity index (χ2v) is 6.69. The lowest BCUT2D eigenvalue weighted by molar-refractivity contribution is -0.115. The molecule has 110 valence electrons. The normalized spacial score (nSPS) is 12.1. The second-order valence-electron chi connectivity index (χ2n) is 5.23. The maximum Gasteiger partial charge on any atom is 0.230 e. The van der Waals surface area contributed by atoms with Crippen LogP contribution >= 0.6 is 0 Å². The Kier molecular flexibility index (Phi) is 4.91. The molecule has 0 aliphatic rings. The molecule has 1 atom stereocenters. The summed E-state index contributed by atoms with van der Waals surface area (Å²) in [7, 11) is -1.27. The zero-order chi connectivity index (χ0) is 15.4. The van der Waals surface area contributed by atoms with Gasteiger partial charge in [-0.1, -0.05) is 53.6 Å². The van der Waals surface area contributed by atoms with Gasteiger partial charge in [-0.05, 0) is 30.5 Å². The number of hydrogen-bond donors (Lipinski definition) is 1. The fourth-order valence-electron chi connectivity index (χ4n) is 2.44. The van der Waals surface area contributed by atoms with E-state index in [2.05, 4.69) is 32.0 Å². The minimum Gasteiger partial charge on any atom is -0.369 e. The first kappa shape index (κ1) is 15.4. The zero-order valence-corrected chi connectivity index (χ0v) is 13.1. The van der Waals surface area contributed by atoms with E-state index in [1.807, 2.05) is 24.3 Å². The summed E-state index contributed by atoms with van der Waals surface area (Å²) in [4.78, 5) is 10.9. The molecule has 21 heavy (non-hydrogen) atoms. The van der Waals surface area contributed by atoms with Crippen LogP contribution in [0.1, 0.15) is 16.7 Å². The highest BCUT2D eigenvalue weighted by molar-refractivity contribution is 7.84. The quantitative estimate of drug-likeness (QED) is 0.923. The highest BCUT2D eigenvalue weighted by Crippen LogP contribution is 2.26. The van der Waals surface area contributed by atoms with Gasteiger partial charge in [0.05, 0.1) is 0 Å². The smallest absolute Gasteiger partial charge is 0.230 e. The first-order chi connectivity index (χ1) is 9.95. The predicted molar refractivity (Wildman–Crippen MR) is 87.3 cm³/mol. The molecule has 0 radical (unpaired) electrons. The molecule has 0 saturated heterocycles. The van der Waals surface area contributed by atoms with E-state index in [0.29, 0.717) is 5.75 Å². The lowest BCUT2D eigenvalue weighted by Gasteiger charge is -2.11. The molecule has 0 heterocycles. The molecule has 0 aliphatic heterocycles. The summed E-state index contributed by atoms with van der Waals surface area (Å²) in [5.74, 6) is -0.287. The molecular weight excluding hydrogens is 282 g/mol. The molecule has 2 aromatic rings. The van der Waals surface area contributed by atoms with Crippen molar-refractivity contribution in [3.63, 3.8) is 0 Å². The number of aryl methyl sites for hydroxylation is 2. The molecule has 0 spiro atoms. The number of hydrogen-bond acceptors (Lipinski definition) is 2. The number of primary amides is 1. The van der Waals surface area contributed by atoms with Gasteiger partial charge in [0.1, 0.15) is 5.75 Å². The SMILES string of the molecule is Cc1cc(C)cc(-c2ccccc2C[S@@](=O)CC(N)=O)c1. The van der Waals surface area contributed by atoms with Crippen molar-refractivity contribution in [3.05, 3.63) is 59.2 Å². The highest BCUT2D eigenvalue weighted by atomic mass is 32.2. The molecule has 0 aromatic heterocycles. The molecule has 0 unspecified atom stereocenters. The van der Waals surface area contributed by atoms with Crippen molar-refractivity contribution >= 4 is 16.7 Å². The molecule has 3 nitrogen and oxygen atoms in total. The number of amides is 1. The van der Waals surface area contributed by atoms with E-state index in [-0.39, 0.29) is 5.75 Å². The largest absolute Gasteiger partial charge is 0.369 e. The van der Waals surface area contributed by atoms with E-state index in [1.54, 1.807) is 0 Å². The molecular formula is C17H19NO2S. The summed E-state index contributed by atoms with van der Waals surface area (Å²) in [6.07, 6.45) is 0. The van der Waals surface area contributed by atoms with E-state index < -0.39 is 16.7 Å². The van der Waals surface area contributed by atoms with Crippen LogP contribution in [0.2, 0.25) is 0 Å². The maximum atomic E-state index is 12.0. The summed E-state index contributed by atoms with van der Waals surface area (Å²) in [5, 5.41) is 0. The summed E-state index contributed by atoms with van der Waals surface area (Å²) in [5.41, 5.74) is 10.6. The fraction of sp³-hybridized carbons (Fsp3) is 0.235. The number of nitrogens with two attached hydrogens (primary N) is 1. The van der Waals surface area contributed by atoms with E-state index in [0.717, 1.165) is 16.7 Å². The average Bonchev–Trinajstić information content (AvgIpc) is 2.37. The van der Waals surface area contributed by atoms with Crippen LogP contribution in [0.4, 0.5) is 0 Å². The Morgan fingerprint density at radius 2 is 1.71 bits per heavy atom. The monoisotopic (exact) mass is 301 g/mol. The van der Waals surface area contributed by atoms with Crippen molar-refractivity contribution in [2.75, 3.05) is 5.75 Å². The van der Waals surface area contributed by atoms with Crippen LogP contribution in [-0.2, 0) is 21.3 Å². The molecule has 0 saturated carbocycles. The van der Waals surface area contributed by atoms with Gasteiger partial charge in [-0.2, -0.15) is 0 Å². The third kappa shape index (κ3) is 4.26. The van der Waals surface area contributed by atoms with Crippen molar-refractivity contribution in [1.29, 1.82) is 0 Å². The van der Waals surface area contributed by atoms with Gasteiger partial charge >= 0.3 is 0 Å². The molecule has 2 rings (SSSR count). The Balaban J connectivity index is 2.36. The first-order valence-corrected chi connectivity index (χ1v) is 8.24. The first-order valence-electron chi connectivity index (χ1n) is 6.75. The zero-order valence-electron chi connectivity index (χ0n) is 12.3.